The lowest BCUT2D eigenvalue weighted by molar-refractivity contribution is 0.0336. The largest absolute Gasteiger partial charge is 0.294 e. The molecule has 1 aliphatic rings. The molecule has 1 aromatic heterocycles. The van der Waals surface area contributed by atoms with Crippen LogP contribution >= 0.6 is 0 Å². The van der Waals surface area contributed by atoms with Gasteiger partial charge in [0.25, 0.3) is 0 Å². The number of rotatable bonds is 1. The quantitative estimate of drug-likeness (QED) is 0.649. The molecule has 2 heterocycles. The van der Waals surface area contributed by atoms with Gasteiger partial charge in [-0.3, -0.25) is 9.82 Å². The summed E-state index contributed by atoms with van der Waals surface area (Å²) in [4.78, 5) is 9.20. The number of nitrogens with one attached hydrogen (secondary N) is 1. The van der Waals surface area contributed by atoms with E-state index in [1.54, 1.807) is 12.4 Å². The van der Waals surface area contributed by atoms with Crippen LogP contribution in [0.2, 0.25) is 0 Å². The summed E-state index contributed by atoms with van der Waals surface area (Å²) in [6.07, 6.45) is 4.84. The summed E-state index contributed by atoms with van der Waals surface area (Å²) in [6, 6.07) is 3.97. The molecule has 11 heavy (non-hydrogen) atoms. The molecular formula is C8H10N2O. The predicted molar refractivity (Wildman–Crippen MR) is 40.7 cm³/mol. The Balaban J connectivity index is 2.16. The molecule has 2 rings (SSSR count). The molecule has 3 heteroatoms. The summed E-state index contributed by atoms with van der Waals surface area (Å²) >= 11 is 0. The smallest absolute Gasteiger partial charge is 0.105 e. The van der Waals surface area contributed by atoms with E-state index in [2.05, 4.69) is 10.5 Å². The minimum atomic E-state index is 0.220. The molecule has 0 amide bonds. The Bertz CT molecular complexity index is 219. The van der Waals surface area contributed by atoms with E-state index < -0.39 is 0 Å². The van der Waals surface area contributed by atoms with Gasteiger partial charge in [-0.05, 0) is 24.1 Å². The summed E-state index contributed by atoms with van der Waals surface area (Å²) in [7, 11) is 0. The maximum atomic E-state index is 5.26. The van der Waals surface area contributed by atoms with Gasteiger partial charge in [-0.1, -0.05) is 0 Å². The van der Waals surface area contributed by atoms with E-state index in [0.29, 0.717) is 0 Å². The highest BCUT2D eigenvalue weighted by atomic mass is 16.7. The van der Waals surface area contributed by atoms with Crippen molar-refractivity contribution in [1.82, 2.24) is 10.5 Å². The fourth-order valence-corrected chi connectivity index (χ4v) is 1.22. The molecule has 1 aromatic rings. The monoisotopic (exact) mass is 150 g/mol. The van der Waals surface area contributed by atoms with Crippen LogP contribution in [0.1, 0.15) is 18.1 Å². The number of aromatic nitrogens is 1. The first kappa shape index (κ1) is 6.76. The van der Waals surface area contributed by atoms with E-state index in [-0.39, 0.29) is 6.10 Å². The first-order chi connectivity index (χ1) is 5.47. The molecular weight excluding hydrogens is 140 g/mol. The first-order valence-electron chi connectivity index (χ1n) is 3.75. The minimum absolute atomic E-state index is 0.220. The van der Waals surface area contributed by atoms with E-state index in [4.69, 9.17) is 4.84 Å². The van der Waals surface area contributed by atoms with E-state index in [9.17, 15) is 0 Å². The average Bonchev–Trinajstić information content (AvgIpc) is 2.58. The fourth-order valence-electron chi connectivity index (χ4n) is 1.22. The maximum Gasteiger partial charge on any atom is 0.105 e. The second-order valence-electron chi connectivity index (χ2n) is 2.57. The normalized spacial score (nSPS) is 23.8. The van der Waals surface area contributed by atoms with Gasteiger partial charge in [0.2, 0.25) is 0 Å². The summed E-state index contributed by atoms with van der Waals surface area (Å²) in [5.41, 5.74) is 4.05. The van der Waals surface area contributed by atoms with Crippen molar-refractivity contribution < 1.29 is 4.84 Å². The van der Waals surface area contributed by atoms with Crippen molar-refractivity contribution in [2.75, 3.05) is 6.54 Å². The van der Waals surface area contributed by atoms with Gasteiger partial charge in [0.15, 0.2) is 0 Å². The lowest BCUT2D eigenvalue weighted by Crippen LogP contribution is -2.04. The second kappa shape index (κ2) is 2.98. The van der Waals surface area contributed by atoms with Crippen LogP contribution in [0, 0.1) is 0 Å². The molecule has 1 fully saturated rings. The third-order valence-electron chi connectivity index (χ3n) is 1.81. The van der Waals surface area contributed by atoms with Crippen LogP contribution in [-0.2, 0) is 4.84 Å². The van der Waals surface area contributed by atoms with Gasteiger partial charge in [-0.2, -0.15) is 0 Å². The Morgan fingerprint density at radius 3 is 2.91 bits per heavy atom. The van der Waals surface area contributed by atoms with Crippen molar-refractivity contribution in [3.05, 3.63) is 30.1 Å². The second-order valence-corrected chi connectivity index (χ2v) is 2.57. The van der Waals surface area contributed by atoms with E-state index in [1.807, 2.05) is 12.1 Å². The molecule has 1 aliphatic heterocycles. The molecule has 1 atom stereocenters. The van der Waals surface area contributed by atoms with Crippen LogP contribution in [0.5, 0.6) is 0 Å². The third-order valence-corrected chi connectivity index (χ3v) is 1.81. The van der Waals surface area contributed by atoms with Crippen LogP contribution in [-0.4, -0.2) is 11.5 Å². The highest BCUT2D eigenvalue weighted by Crippen LogP contribution is 2.21. The fraction of sp³-hybridized carbons (Fsp3) is 0.375. The summed E-state index contributed by atoms with van der Waals surface area (Å²) in [6.45, 7) is 0.937. The lowest BCUT2D eigenvalue weighted by atomic mass is 10.1. The van der Waals surface area contributed by atoms with Crippen LogP contribution in [0.15, 0.2) is 24.5 Å². The standard InChI is InChI=1S/C8H10N2O/c1-4-9-5-2-7(1)8-3-6-10-11-8/h1-2,4-5,8,10H,3,6H2. The van der Waals surface area contributed by atoms with Crippen LogP contribution in [0.25, 0.3) is 0 Å². The summed E-state index contributed by atoms with van der Waals surface area (Å²) < 4.78 is 0. The first-order valence-corrected chi connectivity index (χ1v) is 3.75. The number of hydrogen-bond acceptors (Lipinski definition) is 3. The molecule has 0 aromatic carbocycles. The minimum Gasteiger partial charge on any atom is -0.294 e. The molecule has 1 N–H and O–H groups in total. The molecule has 0 bridgehead atoms. The van der Waals surface area contributed by atoms with Crippen molar-refractivity contribution in [2.24, 2.45) is 0 Å². The van der Waals surface area contributed by atoms with Crippen LogP contribution in [0.3, 0.4) is 0 Å². The van der Waals surface area contributed by atoms with Crippen LogP contribution < -0.4 is 5.48 Å². The van der Waals surface area contributed by atoms with Gasteiger partial charge in [0.05, 0.1) is 0 Å². The van der Waals surface area contributed by atoms with Crippen molar-refractivity contribution in [2.45, 2.75) is 12.5 Å². The van der Waals surface area contributed by atoms with Crippen molar-refractivity contribution in [1.29, 1.82) is 0 Å². The van der Waals surface area contributed by atoms with Crippen molar-refractivity contribution in [3.63, 3.8) is 0 Å². The zero-order chi connectivity index (χ0) is 7.52. The van der Waals surface area contributed by atoms with Crippen molar-refractivity contribution >= 4 is 0 Å². The summed E-state index contributed by atoms with van der Waals surface area (Å²) in [5.74, 6) is 0. The maximum absolute atomic E-state index is 5.26. The Labute approximate surface area is 65.4 Å². The van der Waals surface area contributed by atoms with Gasteiger partial charge >= 0.3 is 0 Å². The molecule has 58 valence electrons. The van der Waals surface area contributed by atoms with E-state index >= 15 is 0 Å². The molecule has 1 saturated heterocycles. The highest BCUT2D eigenvalue weighted by molar-refractivity contribution is 5.13. The Hall–Kier alpha value is -0.930. The molecule has 0 saturated carbocycles. The van der Waals surface area contributed by atoms with Gasteiger partial charge in [-0.15, -0.1) is 0 Å². The topological polar surface area (TPSA) is 34.1 Å². The SMILES string of the molecule is c1cc(C2CCNO2)ccn1. The zero-order valence-electron chi connectivity index (χ0n) is 6.16. The van der Waals surface area contributed by atoms with Gasteiger partial charge in [0, 0.05) is 18.9 Å². The Kier molecular flexibility index (Phi) is 1.83. The Morgan fingerprint density at radius 2 is 2.27 bits per heavy atom. The Morgan fingerprint density at radius 1 is 1.45 bits per heavy atom. The van der Waals surface area contributed by atoms with E-state index in [1.165, 1.54) is 5.56 Å². The van der Waals surface area contributed by atoms with Gasteiger partial charge in [-0.25, -0.2) is 5.48 Å². The molecule has 0 spiro atoms. The highest BCUT2D eigenvalue weighted by Gasteiger charge is 2.16. The number of nitrogens with zero attached hydrogens (tertiary/aromatic N) is 1. The van der Waals surface area contributed by atoms with Gasteiger partial charge < -0.3 is 0 Å². The lowest BCUT2D eigenvalue weighted by Gasteiger charge is -2.06. The number of hydroxylamine groups is 1. The molecule has 3 nitrogen and oxygen atoms in total. The third kappa shape index (κ3) is 1.39. The van der Waals surface area contributed by atoms with Crippen LogP contribution in [0.4, 0.5) is 0 Å². The van der Waals surface area contributed by atoms with E-state index in [0.717, 1.165) is 13.0 Å². The number of hydrogen-bond donors (Lipinski definition) is 1. The van der Waals surface area contributed by atoms with Crippen molar-refractivity contribution in [3.8, 4) is 0 Å². The van der Waals surface area contributed by atoms with Gasteiger partial charge in [0.1, 0.15) is 6.10 Å². The number of pyridine rings is 1. The molecule has 0 radical (unpaired) electrons. The summed E-state index contributed by atoms with van der Waals surface area (Å²) in [5, 5.41) is 0. The zero-order valence-corrected chi connectivity index (χ0v) is 6.16. The molecule has 0 aliphatic carbocycles. The average molecular weight is 150 g/mol. The predicted octanol–water partition coefficient (Wildman–Crippen LogP) is 1.05. The molecule has 1 unspecified atom stereocenters.